The van der Waals surface area contributed by atoms with Crippen LogP contribution < -0.4 is 11.1 Å². The fourth-order valence-electron chi connectivity index (χ4n) is 3.31. The number of nitrogens with one attached hydrogen (secondary N) is 1. The standard InChI is InChI=1S/C19H17F2N3OS/c1-9-2-4-14-10(6-9)7-12-16(22)17(26-19(12)24-14)18(25)23-15-5-3-11(20)8-13(15)21/h3,5,7-9H,2,4,6,22H2,1H3,(H,23,25). The van der Waals surface area contributed by atoms with E-state index in [4.69, 9.17) is 5.73 Å². The molecule has 1 unspecified atom stereocenters. The van der Waals surface area contributed by atoms with E-state index in [1.54, 1.807) is 0 Å². The lowest BCUT2D eigenvalue weighted by Gasteiger charge is -2.20. The monoisotopic (exact) mass is 373 g/mol. The van der Waals surface area contributed by atoms with E-state index in [0.717, 1.165) is 42.5 Å². The van der Waals surface area contributed by atoms with E-state index in [9.17, 15) is 13.6 Å². The molecule has 1 atom stereocenters. The first-order valence-electron chi connectivity index (χ1n) is 8.39. The van der Waals surface area contributed by atoms with Crippen LogP contribution >= 0.6 is 11.3 Å². The van der Waals surface area contributed by atoms with Crippen LogP contribution in [0.4, 0.5) is 20.2 Å². The van der Waals surface area contributed by atoms with Crippen molar-refractivity contribution >= 4 is 38.8 Å². The topological polar surface area (TPSA) is 68.0 Å². The molecule has 7 heteroatoms. The third-order valence-corrected chi connectivity index (χ3v) is 5.83. The number of carbonyl (C=O) groups is 1. The minimum absolute atomic E-state index is 0.0886. The molecule has 134 valence electrons. The molecule has 0 fully saturated rings. The van der Waals surface area contributed by atoms with Crippen LogP contribution in [-0.4, -0.2) is 10.9 Å². The summed E-state index contributed by atoms with van der Waals surface area (Å²) in [7, 11) is 0. The zero-order valence-corrected chi connectivity index (χ0v) is 14.9. The Morgan fingerprint density at radius 3 is 2.92 bits per heavy atom. The zero-order chi connectivity index (χ0) is 18.4. The molecular formula is C19H17F2N3OS. The molecule has 0 spiro atoms. The van der Waals surface area contributed by atoms with Gasteiger partial charge in [0.2, 0.25) is 0 Å². The number of hydrogen-bond acceptors (Lipinski definition) is 4. The third-order valence-electron chi connectivity index (χ3n) is 4.72. The highest BCUT2D eigenvalue weighted by Gasteiger charge is 2.22. The first kappa shape index (κ1) is 16.9. The molecule has 0 saturated carbocycles. The molecule has 2 heterocycles. The van der Waals surface area contributed by atoms with Gasteiger partial charge in [0.25, 0.3) is 5.91 Å². The fourth-order valence-corrected chi connectivity index (χ4v) is 4.30. The maximum absolute atomic E-state index is 13.8. The number of carbonyl (C=O) groups excluding carboxylic acids is 1. The summed E-state index contributed by atoms with van der Waals surface area (Å²) in [6, 6.07) is 5.02. The van der Waals surface area contributed by atoms with Crippen molar-refractivity contribution in [3.8, 4) is 0 Å². The van der Waals surface area contributed by atoms with Crippen molar-refractivity contribution in [1.82, 2.24) is 4.98 Å². The summed E-state index contributed by atoms with van der Waals surface area (Å²) in [6.07, 6.45) is 2.98. The molecule has 1 amide bonds. The number of fused-ring (bicyclic) bond motifs is 2. The minimum Gasteiger partial charge on any atom is -0.397 e. The number of anilines is 2. The van der Waals surface area contributed by atoms with E-state index in [2.05, 4.69) is 17.2 Å². The van der Waals surface area contributed by atoms with Crippen LogP contribution in [0.5, 0.6) is 0 Å². The number of aryl methyl sites for hydroxylation is 1. The average molecular weight is 373 g/mol. The number of hydrogen-bond donors (Lipinski definition) is 2. The van der Waals surface area contributed by atoms with Crippen molar-refractivity contribution in [3.05, 3.63) is 52.0 Å². The van der Waals surface area contributed by atoms with Gasteiger partial charge in [0.05, 0.1) is 11.4 Å². The Morgan fingerprint density at radius 2 is 2.15 bits per heavy atom. The summed E-state index contributed by atoms with van der Waals surface area (Å²) in [4.78, 5) is 18.2. The molecule has 1 aromatic carbocycles. The summed E-state index contributed by atoms with van der Waals surface area (Å²) in [5.74, 6) is -1.46. The molecule has 0 aliphatic heterocycles. The second-order valence-electron chi connectivity index (χ2n) is 6.72. The molecule has 4 rings (SSSR count). The van der Waals surface area contributed by atoms with Crippen LogP contribution in [0.2, 0.25) is 0 Å². The highest BCUT2D eigenvalue weighted by molar-refractivity contribution is 7.21. The zero-order valence-electron chi connectivity index (χ0n) is 14.1. The van der Waals surface area contributed by atoms with Crippen molar-refractivity contribution in [1.29, 1.82) is 0 Å². The van der Waals surface area contributed by atoms with Gasteiger partial charge in [-0.15, -0.1) is 11.3 Å². The maximum Gasteiger partial charge on any atom is 0.268 e. The van der Waals surface area contributed by atoms with E-state index in [1.165, 1.54) is 23.0 Å². The number of amides is 1. The molecule has 3 aromatic rings. The number of thiophene rings is 1. The molecule has 3 N–H and O–H groups in total. The van der Waals surface area contributed by atoms with Crippen LogP contribution in [0.1, 0.15) is 34.3 Å². The minimum atomic E-state index is -0.833. The molecule has 2 aromatic heterocycles. The number of nitrogens with zero attached hydrogens (tertiary/aromatic N) is 1. The van der Waals surface area contributed by atoms with Gasteiger partial charge in [-0.05, 0) is 48.9 Å². The predicted octanol–water partition coefficient (Wildman–Crippen LogP) is 4.53. The number of pyridine rings is 1. The molecule has 0 saturated heterocycles. The van der Waals surface area contributed by atoms with Gasteiger partial charge in [0.1, 0.15) is 21.3 Å². The Balaban J connectivity index is 1.70. The van der Waals surface area contributed by atoms with Crippen molar-refractivity contribution in [2.24, 2.45) is 5.92 Å². The average Bonchev–Trinajstić information content (AvgIpc) is 2.92. The van der Waals surface area contributed by atoms with E-state index in [0.29, 0.717) is 16.4 Å². The van der Waals surface area contributed by atoms with E-state index in [1.807, 2.05) is 6.07 Å². The van der Waals surface area contributed by atoms with Crippen LogP contribution in [-0.2, 0) is 12.8 Å². The second-order valence-corrected chi connectivity index (χ2v) is 7.72. The Hall–Kier alpha value is -2.54. The van der Waals surface area contributed by atoms with Gasteiger partial charge in [-0.2, -0.15) is 0 Å². The highest BCUT2D eigenvalue weighted by Crippen LogP contribution is 2.36. The molecular weight excluding hydrogens is 356 g/mol. The largest absolute Gasteiger partial charge is 0.397 e. The van der Waals surface area contributed by atoms with Crippen molar-refractivity contribution in [2.75, 3.05) is 11.1 Å². The lowest BCUT2D eigenvalue weighted by Crippen LogP contribution is -2.13. The molecule has 4 nitrogen and oxygen atoms in total. The van der Waals surface area contributed by atoms with Crippen molar-refractivity contribution in [3.63, 3.8) is 0 Å². The first-order chi connectivity index (χ1) is 12.4. The van der Waals surface area contributed by atoms with Gasteiger partial charge < -0.3 is 11.1 Å². The third kappa shape index (κ3) is 2.92. The quantitative estimate of drug-likeness (QED) is 0.693. The number of aromatic nitrogens is 1. The summed E-state index contributed by atoms with van der Waals surface area (Å²) >= 11 is 1.19. The second kappa shape index (κ2) is 6.32. The van der Waals surface area contributed by atoms with Gasteiger partial charge >= 0.3 is 0 Å². The fraction of sp³-hybridized carbons (Fsp3) is 0.263. The van der Waals surface area contributed by atoms with E-state index in [-0.39, 0.29) is 10.6 Å². The van der Waals surface area contributed by atoms with E-state index >= 15 is 0 Å². The van der Waals surface area contributed by atoms with Crippen molar-refractivity contribution in [2.45, 2.75) is 26.2 Å². The smallest absolute Gasteiger partial charge is 0.268 e. The lowest BCUT2D eigenvalue weighted by atomic mass is 9.87. The van der Waals surface area contributed by atoms with E-state index < -0.39 is 17.5 Å². The van der Waals surface area contributed by atoms with Gasteiger partial charge in [-0.3, -0.25) is 4.79 Å². The van der Waals surface area contributed by atoms with Crippen LogP contribution in [0.15, 0.2) is 24.3 Å². The van der Waals surface area contributed by atoms with Crippen LogP contribution in [0.25, 0.3) is 10.2 Å². The lowest BCUT2D eigenvalue weighted by molar-refractivity contribution is 0.103. The number of rotatable bonds is 2. The van der Waals surface area contributed by atoms with Gasteiger partial charge in [0, 0.05) is 17.1 Å². The molecule has 1 aliphatic carbocycles. The summed E-state index contributed by atoms with van der Waals surface area (Å²) < 4.78 is 26.8. The Labute approximate surface area is 153 Å². The number of nitrogens with two attached hydrogens (primary N) is 1. The van der Waals surface area contributed by atoms with Crippen molar-refractivity contribution < 1.29 is 13.6 Å². The summed E-state index contributed by atoms with van der Waals surface area (Å²) in [5.41, 5.74) is 8.68. The molecule has 0 bridgehead atoms. The normalized spacial score (nSPS) is 16.5. The maximum atomic E-state index is 13.8. The van der Waals surface area contributed by atoms with Gasteiger partial charge in [-0.25, -0.2) is 13.8 Å². The first-order valence-corrected chi connectivity index (χ1v) is 9.21. The van der Waals surface area contributed by atoms with Crippen LogP contribution in [0, 0.1) is 17.6 Å². The van der Waals surface area contributed by atoms with Crippen LogP contribution in [0.3, 0.4) is 0 Å². The number of halogens is 2. The molecule has 26 heavy (non-hydrogen) atoms. The Morgan fingerprint density at radius 1 is 1.35 bits per heavy atom. The number of benzene rings is 1. The SMILES string of the molecule is CC1CCc2nc3sc(C(=O)Nc4ccc(F)cc4F)c(N)c3cc2C1. The molecule has 0 radical (unpaired) electrons. The predicted molar refractivity (Wildman–Crippen MR) is 99.5 cm³/mol. The highest BCUT2D eigenvalue weighted by atomic mass is 32.1. The summed E-state index contributed by atoms with van der Waals surface area (Å²) in [6.45, 7) is 2.21. The Kier molecular flexibility index (Phi) is 4.11. The van der Waals surface area contributed by atoms with Gasteiger partial charge in [0.15, 0.2) is 0 Å². The Bertz CT molecular complexity index is 1030. The van der Waals surface area contributed by atoms with Gasteiger partial charge in [-0.1, -0.05) is 6.92 Å². The summed E-state index contributed by atoms with van der Waals surface area (Å²) in [5, 5.41) is 3.21. The number of nitrogen functional groups attached to an aromatic ring is 1. The molecule has 1 aliphatic rings.